The minimum atomic E-state index is -0.410. The first kappa shape index (κ1) is 10.1. The monoisotopic (exact) mass is 183 g/mol. The van der Waals surface area contributed by atoms with Gasteiger partial charge in [-0.1, -0.05) is 20.8 Å². The molecule has 0 saturated carbocycles. The molecule has 13 heavy (non-hydrogen) atoms. The Balaban J connectivity index is 2.60. The number of aliphatic hydroxyl groups excluding tert-OH is 1. The molecule has 0 saturated heterocycles. The minimum absolute atomic E-state index is 0.124. The van der Waals surface area contributed by atoms with Crippen LogP contribution < -0.4 is 5.73 Å². The molecule has 0 aliphatic rings. The Kier molecular flexibility index (Phi) is 2.61. The van der Waals surface area contributed by atoms with E-state index >= 15 is 0 Å². The molecule has 1 aromatic heterocycles. The summed E-state index contributed by atoms with van der Waals surface area (Å²) in [7, 11) is 0. The molecule has 1 atom stereocenters. The molecule has 0 bridgehead atoms. The summed E-state index contributed by atoms with van der Waals surface area (Å²) in [5.74, 6) is 0. The van der Waals surface area contributed by atoms with Crippen LogP contribution in [0.3, 0.4) is 0 Å². The summed E-state index contributed by atoms with van der Waals surface area (Å²) in [6.45, 7) is 6.46. The van der Waals surface area contributed by atoms with Crippen LogP contribution in [0, 0.1) is 5.41 Å². The molecule has 0 aliphatic heterocycles. The molecule has 1 unspecified atom stereocenters. The Hall–Kier alpha value is -1.03. The first-order chi connectivity index (χ1) is 5.89. The predicted molar refractivity (Wildman–Crippen MR) is 52.1 cm³/mol. The Morgan fingerprint density at radius 3 is 2.62 bits per heavy atom. The Labute approximate surface area is 78.4 Å². The van der Waals surface area contributed by atoms with Crippen molar-refractivity contribution in [3.8, 4) is 0 Å². The number of nitrogens with two attached hydrogens (primary N) is 1. The highest BCUT2D eigenvalue weighted by molar-refractivity contribution is 5.30. The van der Waals surface area contributed by atoms with Crippen LogP contribution in [-0.2, 0) is 6.54 Å². The molecule has 0 aliphatic carbocycles. The average Bonchev–Trinajstić information content (AvgIpc) is 2.33. The average molecular weight is 183 g/mol. The summed E-state index contributed by atoms with van der Waals surface area (Å²) in [5.41, 5.74) is 6.00. The lowest BCUT2D eigenvalue weighted by atomic mass is 9.89. The third-order valence-corrected chi connectivity index (χ3v) is 2.01. The number of rotatable bonds is 2. The van der Waals surface area contributed by atoms with Gasteiger partial charge in [-0.25, -0.2) is 0 Å². The van der Waals surface area contributed by atoms with Crippen molar-refractivity contribution in [1.29, 1.82) is 0 Å². The van der Waals surface area contributed by atoms with E-state index < -0.39 is 6.10 Å². The van der Waals surface area contributed by atoms with E-state index in [1.54, 1.807) is 17.1 Å². The maximum atomic E-state index is 9.75. The van der Waals surface area contributed by atoms with Gasteiger partial charge in [-0.15, -0.1) is 0 Å². The smallest absolute Gasteiger partial charge is 0.0784 e. The maximum Gasteiger partial charge on any atom is 0.0784 e. The number of hydrogen-bond acceptors (Lipinski definition) is 3. The van der Waals surface area contributed by atoms with E-state index in [4.69, 9.17) is 5.73 Å². The zero-order chi connectivity index (χ0) is 10.1. The SMILES string of the molecule is CC(C)(C)C(O)Cn1cc(N)cn1. The summed E-state index contributed by atoms with van der Waals surface area (Å²) in [5, 5.41) is 13.7. The quantitative estimate of drug-likeness (QED) is 0.715. The topological polar surface area (TPSA) is 64.1 Å². The minimum Gasteiger partial charge on any atom is -0.396 e. The van der Waals surface area contributed by atoms with Gasteiger partial charge < -0.3 is 10.8 Å². The van der Waals surface area contributed by atoms with Crippen molar-refractivity contribution in [3.63, 3.8) is 0 Å². The molecule has 1 aromatic rings. The second-order valence-corrected chi connectivity index (χ2v) is 4.38. The molecular weight excluding hydrogens is 166 g/mol. The lowest BCUT2D eigenvalue weighted by molar-refractivity contribution is 0.0451. The van der Waals surface area contributed by atoms with E-state index in [2.05, 4.69) is 5.10 Å². The lowest BCUT2D eigenvalue weighted by Crippen LogP contribution is -2.30. The second kappa shape index (κ2) is 3.38. The van der Waals surface area contributed by atoms with E-state index in [9.17, 15) is 5.11 Å². The summed E-state index contributed by atoms with van der Waals surface area (Å²) in [6.07, 6.45) is 2.89. The van der Waals surface area contributed by atoms with Crippen molar-refractivity contribution in [2.45, 2.75) is 33.4 Å². The van der Waals surface area contributed by atoms with Gasteiger partial charge >= 0.3 is 0 Å². The lowest BCUT2D eigenvalue weighted by Gasteiger charge is -2.25. The van der Waals surface area contributed by atoms with Crippen molar-refractivity contribution in [2.24, 2.45) is 5.41 Å². The van der Waals surface area contributed by atoms with Gasteiger partial charge in [0, 0.05) is 6.20 Å². The highest BCUT2D eigenvalue weighted by Crippen LogP contribution is 2.20. The second-order valence-electron chi connectivity index (χ2n) is 4.38. The number of aliphatic hydroxyl groups is 1. The van der Waals surface area contributed by atoms with Crippen LogP contribution in [0.25, 0.3) is 0 Å². The fourth-order valence-electron chi connectivity index (χ4n) is 0.930. The van der Waals surface area contributed by atoms with Gasteiger partial charge in [-0.3, -0.25) is 4.68 Å². The van der Waals surface area contributed by atoms with E-state index in [-0.39, 0.29) is 5.41 Å². The van der Waals surface area contributed by atoms with E-state index in [0.717, 1.165) is 0 Å². The van der Waals surface area contributed by atoms with Crippen molar-refractivity contribution in [2.75, 3.05) is 5.73 Å². The zero-order valence-corrected chi connectivity index (χ0v) is 8.36. The summed E-state index contributed by atoms with van der Waals surface area (Å²) in [6, 6.07) is 0. The molecule has 0 spiro atoms. The molecule has 4 heteroatoms. The third kappa shape index (κ3) is 2.73. The van der Waals surface area contributed by atoms with Gasteiger partial charge in [0.2, 0.25) is 0 Å². The van der Waals surface area contributed by atoms with E-state index in [1.165, 1.54) is 0 Å². The van der Waals surface area contributed by atoms with Gasteiger partial charge in [-0.2, -0.15) is 5.10 Å². The number of nitrogens with zero attached hydrogens (tertiary/aromatic N) is 2. The number of hydrogen-bond donors (Lipinski definition) is 2. The fraction of sp³-hybridized carbons (Fsp3) is 0.667. The van der Waals surface area contributed by atoms with Gasteiger partial charge in [-0.05, 0) is 5.41 Å². The van der Waals surface area contributed by atoms with Crippen LogP contribution >= 0.6 is 0 Å². The van der Waals surface area contributed by atoms with Crippen LogP contribution in [0.4, 0.5) is 5.69 Å². The van der Waals surface area contributed by atoms with Gasteiger partial charge in [0.25, 0.3) is 0 Å². The van der Waals surface area contributed by atoms with Crippen LogP contribution in [0.2, 0.25) is 0 Å². The van der Waals surface area contributed by atoms with Crippen LogP contribution in [0.5, 0.6) is 0 Å². The number of nitrogen functional groups attached to an aromatic ring is 1. The van der Waals surface area contributed by atoms with E-state index in [1.807, 2.05) is 20.8 Å². The Bertz CT molecular complexity index is 275. The van der Waals surface area contributed by atoms with Crippen molar-refractivity contribution in [3.05, 3.63) is 12.4 Å². The highest BCUT2D eigenvalue weighted by Gasteiger charge is 2.22. The molecule has 0 aromatic carbocycles. The first-order valence-electron chi connectivity index (χ1n) is 4.35. The maximum absolute atomic E-state index is 9.75. The van der Waals surface area contributed by atoms with Crippen LogP contribution in [0.1, 0.15) is 20.8 Å². The molecule has 1 rings (SSSR count). The Morgan fingerprint density at radius 1 is 1.62 bits per heavy atom. The number of anilines is 1. The molecule has 3 N–H and O–H groups in total. The largest absolute Gasteiger partial charge is 0.396 e. The Morgan fingerprint density at radius 2 is 2.23 bits per heavy atom. The summed E-state index contributed by atoms with van der Waals surface area (Å²) < 4.78 is 1.66. The molecule has 74 valence electrons. The van der Waals surface area contributed by atoms with Gasteiger partial charge in [0.05, 0.1) is 24.5 Å². The predicted octanol–water partition coefficient (Wildman–Crippen LogP) is 0.872. The molecule has 0 radical (unpaired) electrons. The van der Waals surface area contributed by atoms with Crippen LogP contribution in [0.15, 0.2) is 12.4 Å². The first-order valence-corrected chi connectivity index (χ1v) is 4.35. The van der Waals surface area contributed by atoms with Gasteiger partial charge in [0.1, 0.15) is 0 Å². The molecule has 4 nitrogen and oxygen atoms in total. The molecule has 0 amide bonds. The van der Waals surface area contributed by atoms with E-state index in [0.29, 0.717) is 12.2 Å². The van der Waals surface area contributed by atoms with Gasteiger partial charge in [0.15, 0.2) is 0 Å². The molecule has 0 fully saturated rings. The standard InChI is InChI=1S/C9H17N3O/c1-9(2,3)8(13)6-12-5-7(10)4-11-12/h4-5,8,13H,6,10H2,1-3H3. The van der Waals surface area contributed by atoms with Crippen molar-refractivity contribution in [1.82, 2.24) is 9.78 Å². The highest BCUT2D eigenvalue weighted by atomic mass is 16.3. The van der Waals surface area contributed by atoms with Crippen molar-refractivity contribution < 1.29 is 5.11 Å². The number of aromatic nitrogens is 2. The van der Waals surface area contributed by atoms with Crippen molar-refractivity contribution >= 4 is 5.69 Å². The fourth-order valence-corrected chi connectivity index (χ4v) is 0.930. The molecule has 1 heterocycles. The summed E-state index contributed by atoms with van der Waals surface area (Å²) >= 11 is 0. The summed E-state index contributed by atoms with van der Waals surface area (Å²) in [4.78, 5) is 0. The zero-order valence-electron chi connectivity index (χ0n) is 8.36. The third-order valence-electron chi connectivity index (χ3n) is 2.01. The molecular formula is C9H17N3O. The van der Waals surface area contributed by atoms with Crippen LogP contribution in [-0.4, -0.2) is 21.0 Å². The normalized spacial score (nSPS) is 14.5.